The molecule has 2 aliphatic rings. The molecule has 1 fully saturated rings. The molecule has 3 unspecified atom stereocenters. The summed E-state index contributed by atoms with van der Waals surface area (Å²) in [7, 11) is 0. The highest BCUT2D eigenvalue weighted by atomic mass is 16.5. The van der Waals surface area contributed by atoms with Gasteiger partial charge in [-0.25, -0.2) is 0 Å². The SMILES string of the molecule is CC/C=C(/C)OC1(C)C=C(C)C2C(=O)CC(=O)C2C1(C)C. The zero-order chi connectivity index (χ0) is 16.0. The zero-order valence-electron chi connectivity index (χ0n) is 13.9. The fraction of sp³-hybridized carbons (Fsp3) is 0.667. The van der Waals surface area contributed by atoms with Gasteiger partial charge in [0.1, 0.15) is 17.2 Å². The van der Waals surface area contributed by atoms with Crippen molar-refractivity contribution in [3.8, 4) is 0 Å². The predicted octanol–water partition coefficient (Wildman–Crippen LogP) is 3.84. The Hall–Kier alpha value is -1.38. The monoisotopic (exact) mass is 290 g/mol. The van der Waals surface area contributed by atoms with E-state index < -0.39 is 11.0 Å². The van der Waals surface area contributed by atoms with Crippen LogP contribution < -0.4 is 0 Å². The molecule has 21 heavy (non-hydrogen) atoms. The molecule has 3 nitrogen and oxygen atoms in total. The second-order valence-corrected chi connectivity index (χ2v) is 7.11. The Morgan fingerprint density at radius 2 is 1.95 bits per heavy atom. The summed E-state index contributed by atoms with van der Waals surface area (Å²) in [6.07, 6.45) is 5.08. The van der Waals surface area contributed by atoms with Crippen molar-refractivity contribution in [2.75, 3.05) is 0 Å². The minimum atomic E-state index is -0.575. The molecule has 1 saturated carbocycles. The molecular formula is C18H26O3. The number of carbonyl (C=O) groups is 2. The summed E-state index contributed by atoms with van der Waals surface area (Å²) >= 11 is 0. The van der Waals surface area contributed by atoms with E-state index in [4.69, 9.17) is 4.74 Å². The van der Waals surface area contributed by atoms with Gasteiger partial charge in [0.05, 0.1) is 12.2 Å². The van der Waals surface area contributed by atoms with E-state index in [9.17, 15) is 9.59 Å². The summed E-state index contributed by atoms with van der Waals surface area (Å²) < 4.78 is 6.22. The van der Waals surface area contributed by atoms with Crippen LogP contribution in [-0.2, 0) is 14.3 Å². The van der Waals surface area contributed by atoms with Crippen LogP contribution >= 0.6 is 0 Å². The average molecular weight is 290 g/mol. The lowest BCUT2D eigenvalue weighted by Gasteiger charge is -2.50. The van der Waals surface area contributed by atoms with E-state index in [1.807, 2.05) is 40.7 Å². The number of carbonyl (C=O) groups excluding carboxylic acids is 2. The molecule has 2 aliphatic carbocycles. The molecule has 2 rings (SSSR count). The van der Waals surface area contributed by atoms with Crippen molar-refractivity contribution in [1.29, 1.82) is 0 Å². The Labute approximate surface area is 127 Å². The standard InChI is InChI=1S/C18H26O3/c1-7-8-12(3)21-18(6)10-11(2)15-13(19)9-14(20)16(15)17(18,4)5/h8,10,15-16H,7,9H2,1-6H3/b12-8-. The van der Waals surface area contributed by atoms with Crippen molar-refractivity contribution in [3.63, 3.8) is 0 Å². The van der Waals surface area contributed by atoms with Crippen molar-refractivity contribution < 1.29 is 14.3 Å². The number of hydrogen-bond donors (Lipinski definition) is 0. The summed E-state index contributed by atoms with van der Waals surface area (Å²) in [5.41, 5.74) is -0.0145. The number of hydrogen-bond acceptors (Lipinski definition) is 3. The van der Waals surface area contributed by atoms with Crippen molar-refractivity contribution in [1.82, 2.24) is 0 Å². The lowest BCUT2D eigenvalue weighted by molar-refractivity contribution is -0.136. The third-order valence-corrected chi connectivity index (χ3v) is 5.29. The molecule has 0 amide bonds. The molecule has 0 N–H and O–H groups in total. The average Bonchev–Trinajstić information content (AvgIpc) is 2.63. The first kappa shape index (κ1) is 16.0. The fourth-order valence-electron chi connectivity index (χ4n) is 3.94. The van der Waals surface area contributed by atoms with E-state index in [0.29, 0.717) is 0 Å². The Morgan fingerprint density at radius 1 is 1.33 bits per heavy atom. The smallest absolute Gasteiger partial charge is 0.148 e. The van der Waals surface area contributed by atoms with Crippen LogP contribution in [0.2, 0.25) is 0 Å². The van der Waals surface area contributed by atoms with Gasteiger partial charge in [-0.15, -0.1) is 0 Å². The van der Waals surface area contributed by atoms with Crippen molar-refractivity contribution in [2.24, 2.45) is 17.3 Å². The van der Waals surface area contributed by atoms with Crippen LogP contribution in [0, 0.1) is 17.3 Å². The highest BCUT2D eigenvalue weighted by molar-refractivity contribution is 6.10. The van der Waals surface area contributed by atoms with Gasteiger partial charge in [0, 0.05) is 17.3 Å². The van der Waals surface area contributed by atoms with Gasteiger partial charge in [0.2, 0.25) is 0 Å². The highest BCUT2D eigenvalue weighted by Crippen LogP contribution is 2.55. The van der Waals surface area contributed by atoms with Crippen LogP contribution in [0.1, 0.15) is 54.4 Å². The molecule has 116 valence electrons. The van der Waals surface area contributed by atoms with Crippen LogP contribution in [-0.4, -0.2) is 17.2 Å². The van der Waals surface area contributed by atoms with Gasteiger partial charge < -0.3 is 4.74 Å². The molecule has 0 aromatic carbocycles. The molecule has 0 aromatic rings. The predicted molar refractivity (Wildman–Crippen MR) is 82.7 cm³/mol. The van der Waals surface area contributed by atoms with Gasteiger partial charge in [-0.1, -0.05) is 26.3 Å². The molecule has 0 saturated heterocycles. The third-order valence-electron chi connectivity index (χ3n) is 5.29. The molecule has 0 aromatic heterocycles. The Morgan fingerprint density at radius 3 is 2.52 bits per heavy atom. The van der Waals surface area contributed by atoms with Gasteiger partial charge in [-0.05, 0) is 39.3 Å². The first-order chi connectivity index (χ1) is 9.64. The number of ether oxygens (including phenoxy) is 1. The lowest BCUT2D eigenvalue weighted by Crippen LogP contribution is -2.53. The van der Waals surface area contributed by atoms with Gasteiger partial charge in [0.15, 0.2) is 0 Å². The maximum absolute atomic E-state index is 12.4. The Bertz CT molecular complexity index is 539. The first-order valence-electron chi connectivity index (χ1n) is 7.74. The Balaban J connectivity index is 2.49. The fourth-order valence-corrected chi connectivity index (χ4v) is 3.94. The van der Waals surface area contributed by atoms with E-state index in [2.05, 4.69) is 13.0 Å². The van der Waals surface area contributed by atoms with Crippen LogP contribution in [0.25, 0.3) is 0 Å². The molecule has 0 aliphatic heterocycles. The number of allylic oxidation sites excluding steroid dienone is 3. The van der Waals surface area contributed by atoms with Crippen LogP contribution in [0.4, 0.5) is 0 Å². The van der Waals surface area contributed by atoms with E-state index in [1.54, 1.807) is 0 Å². The topological polar surface area (TPSA) is 43.4 Å². The quantitative estimate of drug-likeness (QED) is 0.450. The molecule has 0 spiro atoms. The normalized spacial score (nSPS) is 35.5. The summed E-state index contributed by atoms with van der Waals surface area (Å²) in [6, 6.07) is 0. The molecule has 3 atom stereocenters. The molecular weight excluding hydrogens is 264 g/mol. The van der Waals surface area contributed by atoms with Gasteiger partial charge in [-0.3, -0.25) is 9.59 Å². The van der Waals surface area contributed by atoms with E-state index >= 15 is 0 Å². The van der Waals surface area contributed by atoms with Crippen LogP contribution in [0.15, 0.2) is 23.5 Å². The first-order valence-corrected chi connectivity index (χ1v) is 7.74. The maximum Gasteiger partial charge on any atom is 0.148 e. The highest BCUT2D eigenvalue weighted by Gasteiger charge is 2.60. The van der Waals surface area contributed by atoms with E-state index in [-0.39, 0.29) is 29.8 Å². The van der Waals surface area contributed by atoms with Crippen molar-refractivity contribution in [2.45, 2.75) is 60.0 Å². The third kappa shape index (κ3) is 2.37. The second-order valence-electron chi connectivity index (χ2n) is 7.11. The van der Waals surface area contributed by atoms with Gasteiger partial charge in [-0.2, -0.15) is 0 Å². The minimum absolute atomic E-state index is 0.0643. The number of rotatable bonds is 3. The lowest BCUT2D eigenvalue weighted by atomic mass is 9.58. The van der Waals surface area contributed by atoms with Crippen molar-refractivity contribution >= 4 is 11.6 Å². The molecule has 0 bridgehead atoms. The van der Waals surface area contributed by atoms with E-state index in [1.165, 1.54) is 0 Å². The van der Waals surface area contributed by atoms with E-state index in [0.717, 1.165) is 17.8 Å². The number of Topliss-reactive ketones (excluding diaryl/α,β-unsaturated/α-hetero) is 2. The summed E-state index contributed by atoms with van der Waals surface area (Å²) in [5.74, 6) is 0.477. The number of ketones is 2. The van der Waals surface area contributed by atoms with Crippen molar-refractivity contribution in [3.05, 3.63) is 23.5 Å². The largest absolute Gasteiger partial charge is 0.488 e. The summed E-state index contributed by atoms with van der Waals surface area (Å²) in [4.78, 5) is 24.5. The van der Waals surface area contributed by atoms with Crippen LogP contribution in [0.3, 0.4) is 0 Å². The van der Waals surface area contributed by atoms with Gasteiger partial charge >= 0.3 is 0 Å². The summed E-state index contributed by atoms with van der Waals surface area (Å²) in [5, 5.41) is 0. The van der Waals surface area contributed by atoms with Gasteiger partial charge in [0.25, 0.3) is 0 Å². The number of fused-ring (bicyclic) bond motifs is 1. The molecule has 3 heteroatoms. The summed E-state index contributed by atoms with van der Waals surface area (Å²) in [6.45, 7) is 12.1. The zero-order valence-corrected chi connectivity index (χ0v) is 13.9. The Kier molecular flexibility index (Phi) is 3.90. The van der Waals surface area contributed by atoms with Crippen LogP contribution in [0.5, 0.6) is 0 Å². The molecule has 0 heterocycles. The maximum atomic E-state index is 12.4. The minimum Gasteiger partial charge on any atom is -0.488 e. The second kappa shape index (κ2) is 5.11. The molecule has 0 radical (unpaired) electrons.